The zero-order valence-electron chi connectivity index (χ0n) is 13.3. The second-order valence-corrected chi connectivity index (χ2v) is 7.68. The molecule has 4 rings (SSSR count). The van der Waals surface area contributed by atoms with Crippen LogP contribution in [0.1, 0.15) is 42.5 Å². The maximum absolute atomic E-state index is 12.3. The molecule has 0 unspecified atom stereocenters. The number of thiophene rings is 1. The molecule has 0 aliphatic heterocycles. The molecule has 2 heterocycles. The minimum absolute atomic E-state index is 0.277. The summed E-state index contributed by atoms with van der Waals surface area (Å²) in [7, 11) is 0. The lowest BCUT2D eigenvalue weighted by Gasteiger charge is -2.30. The van der Waals surface area contributed by atoms with E-state index in [9.17, 15) is 4.39 Å². The molecule has 23 heavy (non-hydrogen) atoms. The molecule has 0 amide bonds. The molecule has 124 valence electrons. The van der Waals surface area contributed by atoms with Gasteiger partial charge in [-0.15, -0.1) is 11.3 Å². The Hall–Kier alpha value is -1.27. The molecule has 0 saturated heterocycles. The smallest absolute Gasteiger partial charge is 0.138 e. The highest BCUT2D eigenvalue weighted by atomic mass is 32.1. The molecule has 1 fully saturated rings. The van der Waals surface area contributed by atoms with Crippen LogP contribution in [-0.2, 0) is 12.8 Å². The fourth-order valence-corrected chi connectivity index (χ4v) is 5.16. The second kappa shape index (κ2) is 6.69. The van der Waals surface area contributed by atoms with Crippen molar-refractivity contribution in [1.29, 1.82) is 0 Å². The van der Waals surface area contributed by atoms with Gasteiger partial charge < -0.3 is 10.6 Å². The van der Waals surface area contributed by atoms with Gasteiger partial charge in [0.2, 0.25) is 0 Å². The third-order valence-electron chi connectivity index (χ3n) is 5.10. The first-order chi connectivity index (χ1) is 11.3. The molecule has 2 N–H and O–H groups in total. The maximum Gasteiger partial charge on any atom is 0.138 e. The molecule has 0 spiro atoms. The quantitative estimate of drug-likeness (QED) is 0.879. The monoisotopic (exact) mass is 334 g/mol. The summed E-state index contributed by atoms with van der Waals surface area (Å²) in [5.74, 6) is 1.02. The fraction of sp³-hybridized carbons (Fsp3) is 0.647. The summed E-state index contributed by atoms with van der Waals surface area (Å²) < 4.78 is 12.3. The van der Waals surface area contributed by atoms with Crippen molar-refractivity contribution in [2.24, 2.45) is 0 Å². The fourth-order valence-electron chi connectivity index (χ4n) is 3.93. The van der Waals surface area contributed by atoms with E-state index < -0.39 is 0 Å². The van der Waals surface area contributed by atoms with Gasteiger partial charge in [0.15, 0.2) is 0 Å². The van der Waals surface area contributed by atoms with Crippen molar-refractivity contribution in [3.63, 3.8) is 0 Å². The third-order valence-corrected chi connectivity index (χ3v) is 6.30. The Labute approximate surface area is 139 Å². The van der Waals surface area contributed by atoms with Crippen LogP contribution in [0.25, 0.3) is 10.2 Å². The van der Waals surface area contributed by atoms with Crippen LogP contribution in [0.15, 0.2) is 6.33 Å². The largest absolute Gasteiger partial charge is 0.367 e. The van der Waals surface area contributed by atoms with E-state index in [4.69, 9.17) is 0 Å². The molecule has 2 aliphatic rings. The Morgan fingerprint density at radius 2 is 1.96 bits per heavy atom. The number of halogens is 1. The number of hydrogen-bond donors (Lipinski definition) is 2. The van der Waals surface area contributed by atoms with Crippen molar-refractivity contribution in [2.75, 3.05) is 18.5 Å². The molecule has 0 atom stereocenters. The van der Waals surface area contributed by atoms with Gasteiger partial charge in [-0.05, 0) is 50.5 Å². The van der Waals surface area contributed by atoms with Gasteiger partial charge >= 0.3 is 0 Å². The zero-order valence-corrected chi connectivity index (χ0v) is 14.1. The molecule has 6 heteroatoms. The van der Waals surface area contributed by atoms with E-state index in [1.807, 2.05) is 11.3 Å². The van der Waals surface area contributed by atoms with E-state index in [-0.39, 0.29) is 6.67 Å². The van der Waals surface area contributed by atoms with Crippen LogP contribution in [0.2, 0.25) is 0 Å². The number of anilines is 1. The van der Waals surface area contributed by atoms with Crippen molar-refractivity contribution in [2.45, 2.75) is 57.0 Å². The third kappa shape index (κ3) is 3.06. The average molecular weight is 334 g/mol. The number of rotatable bonds is 5. The lowest BCUT2D eigenvalue weighted by Crippen LogP contribution is -2.37. The van der Waals surface area contributed by atoms with Gasteiger partial charge in [0.25, 0.3) is 0 Å². The molecular weight excluding hydrogens is 311 g/mol. The normalized spacial score (nSPS) is 24.0. The highest BCUT2D eigenvalue weighted by molar-refractivity contribution is 7.19. The van der Waals surface area contributed by atoms with Gasteiger partial charge in [-0.2, -0.15) is 0 Å². The Morgan fingerprint density at radius 3 is 2.78 bits per heavy atom. The SMILES string of the molecule is FCCNC1CCC(Nc2ncnc3sc4c(c23)CCC4)CC1. The second-order valence-electron chi connectivity index (χ2n) is 6.60. The number of hydrogen-bond acceptors (Lipinski definition) is 5. The van der Waals surface area contributed by atoms with Crippen molar-refractivity contribution in [3.8, 4) is 0 Å². The minimum atomic E-state index is -0.277. The summed E-state index contributed by atoms with van der Waals surface area (Å²) in [6.07, 6.45) is 9.74. The molecule has 0 aromatic carbocycles. The van der Waals surface area contributed by atoms with Crippen LogP contribution in [-0.4, -0.2) is 35.3 Å². The number of aromatic nitrogens is 2. The van der Waals surface area contributed by atoms with Gasteiger partial charge in [0.05, 0.1) is 5.39 Å². The zero-order chi connectivity index (χ0) is 15.6. The van der Waals surface area contributed by atoms with E-state index in [1.165, 1.54) is 28.7 Å². The topological polar surface area (TPSA) is 49.8 Å². The van der Waals surface area contributed by atoms with Crippen molar-refractivity contribution in [1.82, 2.24) is 15.3 Å². The van der Waals surface area contributed by atoms with Gasteiger partial charge in [-0.25, -0.2) is 14.4 Å². The van der Waals surface area contributed by atoms with E-state index in [0.29, 0.717) is 18.6 Å². The number of alkyl halides is 1. The Morgan fingerprint density at radius 1 is 1.13 bits per heavy atom. The molecule has 0 radical (unpaired) electrons. The minimum Gasteiger partial charge on any atom is -0.367 e. The summed E-state index contributed by atoms with van der Waals surface area (Å²) in [5.41, 5.74) is 1.48. The molecule has 1 saturated carbocycles. The molecule has 4 nitrogen and oxygen atoms in total. The number of aryl methyl sites for hydroxylation is 2. The first kappa shape index (κ1) is 15.3. The molecule has 0 bridgehead atoms. The van der Waals surface area contributed by atoms with Gasteiger partial charge in [0, 0.05) is 23.5 Å². The highest BCUT2D eigenvalue weighted by Crippen LogP contribution is 2.39. The molecule has 2 aromatic heterocycles. The lowest BCUT2D eigenvalue weighted by molar-refractivity contribution is 0.339. The van der Waals surface area contributed by atoms with E-state index >= 15 is 0 Å². The van der Waals surface area contributed by atoms with Gasteiger partial charge in [-0.3, -0.25) is 0 Å². The van der Waals surface area contributed by atoms with Gasteiger partial charge in [0.1, 0.15) is 23.7 Å². The predicted octanol–water partition coefficient (Wildman–Crippen LogP) is 3.46. The van der Waals surface area contributed by atoms with E-state index in [2.05, 4.69) is 20.6 Å². The van der Waals surface area contributed by atoms with E-state index in [0.717, 1.165) is 42.8 Å². The standard InChI is InChI=1S/C17H23FN4S/c18-8-9-19-11-4-6-12(7-5-11)22-16-15-13-2-1-3-14(13)23-17(15)21-10-20-16/h10-12,19H,1-9H2,(H,20,21,22). The lowest BCUT2D eigenvalue weighted by atomic mass is 9.91. The van der Waals surface area contributed by atoms with Crippen molar-refractivity contribution in [3.05, 3.63) is 16.8 Å². The maximum atomic E-state index is 12.3. The Kier molecular flexibility index (Phi) is 4.44. The summed E-state index contributed by atoms with van der Waals surface area (Å²) >= 11 is 1.84. The number of nitrogens with zero attached hydrogens (tertiary/aromatic N) is 2. The van der Waals surface area contributed by atoms with Crippen molar-refractivity contribution < 1.29 is 4.39 Å². The van der Waals surface area contributed by atoms with Crippen LogP contribution in [0.5, 0.6) is 0 Å². The Balaban J connectivity index is 1.47. The van der Waals surface area contributed by atoms with Crippen LogP contribution in [0, 0.1) is 0 Å². The van der Waals surface area contributed by atoms with Crippen LogP contribution in [0.3, 0.4) is 0 Å². The summed E-state index contributed by atoms with van der Waals surface area (Å²) in [6.45, 7) is 0.205. The van der Waals surface area contributed by atoms with Crippen molar-refractivity contribution >= 4 is 27.4 Å². The van der Waals surface area contributed by atoms with Crippen LogP contribution < -0.4 is 10.6 Å². The molecule has 2 aromatic rings. The summed E-state index contributed by atoms with van der Waals surface area (Å²) in [5, 5.41) is 8.22. The number of nitrogens with one attached hydrogen (secondary N) is 2. The molecular formula is C17H23FN4S. The highest BCUT2D eigenvalue weighted by Gasteiger charge is 2.24. The Bertz CT molecular complexity index is 679. The van der Waals surface area contributed by atoms with E-state index in [1.54, 1.807) is 6.33 Å². The van der Waals surface area contributed by atoms with Crippen LogP contribution in [0.4, 0.5) is 10.2 Å². The first-order valence-electron chi connectivity index (χ1n) is 8.66. The predicted molar refractivity (Wildman–Crippen MR) is 93.1 cm³/mol. The summed E-state index contributed by atoms with van der Waals surface area (Å²) in [6, 6.07) is 0.938. The number of fused-ring (bicyclic) bond motifs is 3. The van der Waals surface area contributed by atoms with Gasteiger partial charge in [-0.1, -0.05) is 0 Å². The molecule has 2 aliphatic carbocycles. The van der Waals surface area contributed by atoms with Crippen LogP contribution >= 0.6 is 11.3 Å². The average Bonchev–Trinajstić information content (AvgIpc) is 3.15. The summed E-state index contributed by atoms with van der Waals surface area (Å²) in [4.78, 5) is 11.6. The first-order valence-corrected chi connectivity index (χ1v) is 9.48.